The molecule has 1 aromatic heterocycles. The van der Waals surface area contributed by atoms with Gasteiger partial charge < -0.3 is 0 Å². The fourth-order valence-electron chi connectivity index (χ4n) is 2.16. The van der Waals surface area contributed by atoms with Crippen LogP contribution in [0.1, 0.15) is 30.3 Å². The molecule has 2 rings (SSSR count). The largest absolute Gasteiger partial charge is 0.253 e. The molecule has 0 saturated carbocycles. The molecule has 0 saturated heterocycles. The van der Waals surface area contributed by atoms with Crippen LogP contribution in [0.15, 0.2) is 36.7 Å². The van der Waals surface area contributed by atoms with E-state index in [1.165, 1.54) is 23.4 Å². The van der Waals surface area contributed by atoms with Crippen molar-refractivity contribution in [2.75, 3.05) is 0 Å². The van der Waals surface area contributed by atoms with Crippen LogP contribution in [0.3, 0.4) is 0 Å². The van der Waals surface area contributed by atoms with E-state index < -0.39 is 0 Å². The summed E-state index contributed by atoms with van der Waals surface area (Å²) in [5.41, 5.74) is 2.76. The zero-order valence-electron chi connectivity index (χ0n) is 11.0. The highest BCUT2D eigenvalue weighted by molar-refractivity contribution is 5.24. The maximum Gasteiger partial charge on any atom is 0.253 e. The van der Waals surface area contributed by atoms with E-state index in [0.717, 1.165) is 13.1 Å². The molecule has 0 aliphatic heterocycles. The van der Waals surface area contributed by atoms with Gasteiger partial charge in [-0.25, -0.2) is 9.13 Å². The molecule has 2 aromatic rings. The van der Waals surface area contributed by atoms with Crippen molar-refractivity contribution in [3.05, 3.63) is 53.6 Å². The molecule has 0 aliphatic carbocycles. The molecule has 0 unspecified atom stereocenters. The van der Waals surface area contributed by atoms with Gasteiger partial charge in [-0.2, -0.15) is 0 Å². The monoisotopic (exact) mass is 229 g/mol. The fourth-order valence-corrected chi connectivity index (χ4v) is 2.16. The Bertz CT molecular complexity index is 497. The van der Waals surface area contributed by atoms with Crippen molar-refractivity contribution in [3.63, 3.8) is 0 Å². The Kier molecular flexibility index (Phi) is 3.62. The third kappa shape index (κ3) is 2.57. The highest BCUT2D eigenvalue weighted by atomic mass is 15.1. The number of aromatic nitrogens is 2. The molecule has 0 aliphatic rings. The number of rotatable bonds is 4. The Balaban J connectivity index is 2.22. The van der Waals surface area contributed by atoms with E-state index >= 15 is 0 Å². The molecule has 0 spiro atoms. The average molecular weight is 229 g/mol. The molecule has 0 bridgehead atoms. The Labute approximate surface area is 104 Å². The van der Waals surface area contributed by atoms with Gasteiger partial charge in [0.1, 0.15) is 18.9 Å². The first kappa shape index (κ1) is 11.9. The van der Waals surface area contributed by atoms with Gasteiger partial charge in [-0.05, 0) is 24.5 Å². The van der Waals surface area contributed by atoms with E-state index in [2.05, 4.69) is 66.6 Å². The third-order valence-corrected chi connectivity index (χ3v) is 3.32. The van der Waals surface area contributed by atoms with Crippen LogP contribution in [-0.2, 0) is 13.1 Å². The summed E-state index contributed by atoms with van der Waals surface area (Å²) in [6.07, 6.45) is 5.54. The van der Waals surface area contributed by atoms with Gasteiger partial charge in [0.2, 0.25) is 0 Å². The molecule has 0 atom stereocenters. The lowest BCUT2D eigenvalue weighted by atomic mass is 10.1. The molecule has 1 aromatic carbocycles. The Morgan fingerprint density at radius 3 is 2.65 bits per heavy atom. The minimum absolute atomic E-state index is 0.967. The van der Waals surface area contributed by atoms with Gasteiger partial charge in [0, 0.05) is 6.92 Å². The van der Waals surface area contributed by atoms with Crippen LogP contribution in [0, 0.1) is 13.8 Å². The Morgan fingerprint density at radius 2 is 1.94 bits per heavy atom. The van der Waals surface area contributed by atoms with Crippen LogP contribution in [0.4, 0.5) is 0 Å². The molecule has 0 N–H and O–H groups in total. The Hall–Kier alpha value is -1.57. The summed E-state index contributed by atoms with van der Waals surface area (Å²) in [5, 5.41) is 0. The fraction of sp³-hybridized carbons (Fsp3) is 0.400. The second-order valence-electron chi connectivity index (χ2n) is 4.59. The number of benzene rings is 1. The predicted octanol–water partition coefficient (Wildman–Crippen LogP) is 2.85. The zero-order valence-corrected chi connectivity index (χ0v) is 11.0. The summed E-state index contributed by atoms with van der Waals surface area (Å²) < 4.78 is 4.64. The minimum Gasteiger partial charge on any atom is -0.234 e. The summed E-state index contributed by atoms with van der Waals surface area (Å²) in [6.45, 7) is 8.65. The smallest absolute Gasteiger partial charge is 0.234 e. The zero-order chi connectivity index (χ0) is 12.3. The van der Waals surface area contributed by atoms with Gasteiger partial charge in [-0.1, -0.05) is 31.2 Å². The molecular formula is C15H21N2+. The first-order valence-corrected chi connectivity index (χ1v) is 6.32. The van der Waals surface area contributed by atoms with Crippen LogP contribution in [0.25, 0.3) is 0 Å². The summed E-state index contributed by atoms with van der Waals surface area (Å²) >= 11 is 0. The second kappa shape index (κ2) is 5.17. The molecular weight excluding hydrogens is 208 g/mol. The highest BCUT2D eigenvalue weighted by Gasteiger charge is 2.12. The molecule has 17 heavy (non-hydrogen) atoms. The van der Waals surface area contributed by atoms with Crippen LogP contribution >= 0.6 is 0 Å². The second-order valence-corrected chi connectivity index (χ2v) is 4.59. The number of imidazole rings is 1. The van der Waals surface area contributed by atoms with Crippen LogP contribution in [0.5, 0.6) is 0 Å². The van der Waals surface area contributed by atoms with E-state index in [0.29, 0.717) is 0 Å². The third-order valence-electron chi connectivity index (χ3n) is 3.32. The van der Waals surface area contributed by atoms with Crippen LogP contribution < -0.4 is 4.57 Å². The summed E-state index contributed by atoms with van der Waals surface area (Å²) in [6, 6.07) is 8.59. The number of hydrogen-bond acceptors (Lipinski definition) is 0. The molecule has 1 heterocycles. The maximum atomic E-state index is 2.32. The van der Waals surface area contributed by atoms with E-state index in [-0.39, 0.29) is 0 Å². The van der Waals surface area contributed by atoms with Crippen molar-refractivity contribution in [1.29, 1.82) is 0 Å². The van der Waals surface area contributed by atoms with Crippen molar-refractivity contribution in [2.45, 2.75) is 40.3 Å². The van der Waals surface area contributed by atoms with E-state index in [1.54, 1.807) is 0 Å². The van der Waals surface area contributed by atoms with Crippen LogP contribution in [0.2, 0.25) is 0 Å². The van der Waals surface area contributed by atoms with Gasteiger partial charge in [0.05, 0.1) is 6.54 Å². The van der Waals surface area contributed by atoms with Gasteiger partial charge in [0.15, 0.2) is 0 Å². The number of aryl methyl sites for hydroxylation is 2. The lowest BCUT2D eigenvalue weighted by Crippen LogP contribution is -2.36. The molecule has 2 heteroatoms. The molecule has 0 radical (unpaired) electrons. The minimum atomic E-state index is 0.967. The summed E-state index contributed by atoms with van der Waals surface area (Å²) in [4.78, 5) is 0. The quantitative estimate of drug-likeness (QED) is 0.713. The van der Waals surface area contributed by atoms with E-state index in [1.807, 2.05) is 0 Å². The lowest BCUT2D eigenvalue weighted by molar-refractivity contribution is -0.694. The van der Waals surface area contributed by atoms with E-state index in [4.69, 9.17) is 0 Å². The van der Waals surface area contributed by atoms with Crippen molar-refractivity contribution >= 4 is 0 Å². The number of nitrogens with zero attached hydrogens (tertiary/aromatic N) is 2. The molecule has 90 valence electrons. The highest BCUT2D eigenvalue weighted by Crippen LogP contribution is 2.07. The lowest BCUT2D eigenvalue weighted by Gasteiger charge is -2.04. The predicted molar refractivity (Wildman–Crippen MR) is 69.9 cm³/mol. The standard InChI is InChI=1S/C15H21N2/c1-4-9-16-10-11-17(14(16)3)12-15-8-6-5-7-13(15)2/h5-8,10-11H,4,9,12H2,1-3H3/q+1. The first-order valence-electron chi connectivity index (χ1n) is 6.32. The van der Waals surface area contributed by atoms with Crippen molar-refractivity contribution in [3.8, 4) is 0 Å². The van der Waals surface area contributed by atoms with Crippen molar-refractivity contribution in [2.24, 2.45) is 0 Å². The summed E-state index contributed by atoms with van der Waals surface area (Å²) in [5.74, 6) is 1.33. The Morgan fingerprint density at radius 1 is 1.18 bits per heavy atom. The average Bonchev–Trinajstić information content (AvgIpc) is 2.65. The number of hydrogen-bond donors (Lipinski definition) is 0. The van der Waals surface area contributed by atoms with Crippen molar-refractivity contribution in [1.82, 2.24) is 4.57 Å². The molecule has 2 nitrogen and oxygen atoms in total. The molecule has 0 fully saturated rings. The summed E-state index contributed by atoms with van der Waals surface area (Å²) in [7, 11) is 0. The maximum absolute atomic E-state index is 2.32. The topological polar surface area (TPSA) is 8.81 Å². The van der Waals surface area contributed by atoms with Gasteiger partial charge in [0.25, 0.3) is 5.82 Å². The molecule has 0 amide bonds. The SMILES string of the molecule is CCCn1cc[n+](Cc2ccccc2C)c1C. The van der Waals surface area contributed by atoms with Gasteiger partial charge in [-0.3, -0.25) is 0 Å². The van der Waals surface area contributed by atoms with Crippen LogP contribution in [-0.4, -0.2) is 4.57 Å². The van der Waals surface area contributed by atoms with Gasteiger partial charge >= 0.3 is 0 Å². The van der Waals surface area contributed by atoms with Crippen molar-refractivity contribution < 1.29 is 4.57 Å². The normalized spacial score (nSPS) is 10.8. The first-order chi connectivity index (χ1) is 8.22. The van der Waals surface area contributed by atoms with Gasteiger partial charge in [-0.15, -0.1) is 0 Å². The van der Waals surface area contributed by atoms with E-state index in [9.17, 15) is 0 Å².